The number of likely N-dealkylation sites (tertiary alicyclic amines) is 1. The van der Waals surface area contributed by atoms with Crippen molar-refractivity contribution in [2.24, 2.45) is 0 Å². The number of amides is 2. The zero-order chi connectivity index (χ0) is 17.9. The maximum absolute atomic E-state index is 13.6. The van der Waals surface area contributed by atoms with Crippen LogP contribution < -0.4 is 5.32 Å². The Kier molecular flexibility index (Phi) is 5.47. The van der Waals surface area contributed by atoms with E-state index < -0.39 is 17.7 Å². The molecule has 1 saturated heterocycles. The number of aryl methyl sites for hydroxylation is 1. The third-order valence-electron chi connectivity index (χ3n) is 3.87. The summed E-state index contributed by atoms with van der Waals surface area (Å²) in [5, 5.41) is 2.70. The molecule has 0 aliphatic carbocycles. The predicted molar refractivity (Wildman–Crippen MR) is 90.3 cm³/mol. The number of anilines is 1. The first-order valence-corrected chi connectivity index (χ1v) is 8.24. The van der Waals surface area contributed by atoms with Gasteiger partial charge in [-0.3, -0.25) is 9.69 Å². The summed E-state index contributed by atoms with van der Waals surface area (Å²) in [5.74, 6) is -0.691. The molecule has 1 unspecified atom stereocenters. The number of piperidine rings is 1. The number of hydrogen-bond acceptors (Lipinski definition) is 3. The summed E-state index contributed by atoms with van der Waals surface area (Å²) >= 11 is 0. The van der Waals surface area contributed by atoms with E-state index >= 15 is 0 Å². The fourth-order valence-corrected chi connectivity index (χ4v) is 2.64. The van der Waals surface area contributed by atoms with Gasteiger partial charge in [-0.05, 0) is 64.7 Å². The highest BCUT2D eigenvalue weighted by Gasteiger charge is 2.34. The summed E-state index contributed by atoms with van der Waals surface area (Å²) in [4.78, 5) is 26.4. The van der Waals surface area contributed by atoms with Crippen molar-refractivity contribution >= 4 is 17.7 Å². The van der Waals surface area contributed by atoms with Crippen molar-refractivity contribution in [2.75, 3.05) is 11.9 Å². The van der Waals surface area contributed by atoms with Crippen molar-refractivity contribution in [1.82, 2.24) is 4.90 Å². The number of nitrogens with zero attached hydrogens (tertiary/aromatic N) is 1. The van der Waals surface area contributed by atoms with Gasteiger partial charge in [0.25, 0.3) is 0 Å². The van der Waals surface area contributed by atoms with E-state index in [-0.39, 0.29) is 11.7 Å². The van der Waals surface area contributed by atoms with Crippen molar-refractivity contribution in [3.63, 3.8) is 0 Å². The second-order valence-electron chi connectivity index (χ2n) is 7.14. The second kappa shape index (κ2) is 7.20. The van der Waals surface area contributed by atoms with E-state index in [0.717, 1.165) is 12.8 Å². The first-order valence-electron chi connectivity index (χ1n) is 8.24. The zero-order valence-corrected chi connectivity index (χ0v) is 14.7. The molecule has 5 nitrogen and oxygen atoms in total. The molecular weight excluding hydrogens is 311 g/mol. The van der Waals surface area contributed by atoms with Crippen LogP contribution in [0.25, 0.3) is 0 Å². The van der Waals surface area contributed by atoms with Crippen molar-refractivity contribution in [1.29, 1.82) is 0 Å². The average molecular weight is 336 g/mol. The smallest absolute Gasteiger partial charge is 0.410 e. The minimum atomic E-state index is -0.615. The van der Waals surface area contributed by atoms with E-state index in [0.29, 0.717) is 24.2 Å². The predicted octanol–water partition coefficient (Wildman–Crippen LogP) is 3.86. The molecule has 0 spiro atoms. The molecule has 0 radical (unpaired) electrons. The molecule has 24 heavy (non-hydrogen) atoms. The van der Waals surface area contributed by atoms with Crippen LogP contribution in [0.15, 0.2) is 18.2 Å². The molecule has 1 N–H and O–H groups in total. The van der Waals surface area contributed by atoms with Gasteiger partial charge in [0.1, 0.15) is 17.5 Å². The number of hydrogen-bond donors (Lipinski definition) is 1. The maximum Gasteiger partial charge on any atom is 0.410 e. The van der Waals surface area contributed by atoms with Crippen LogP contribution in [-0.2, 0) is 9.53 Å². The molecule has 1 aromatic rings. The van der Waals surface area contributed by atoms with Crippen molar-refractivity contribution in [3.05, 3.63) is 29.6 Å². The fourth-order valence-electron chi connectivity index (χ4n) is 2.64. The van der Waals surface area contributed by atoms with Gasteiger partial charge in [-0.15, -0.1) is 0 Å². The summed E-state index contributed by atoms with van der Waals surface area (Å²) in [7, 11) is 0. The number of carbonyl (C=O) groups is 2. The maximum atomic E-state index is 13.6. The monoisotopic (exact) mass is 336 g/mol. The first-order chi connectivity index (χ1) is 11.2. The lowest BCUT2D eigenvalue weighted by molar-refractivity contribution is -0.122. The molecule has 1 fully saturated rings. The van der Waals surface area contributed by atoms with Crippen LogP contribution in [0, 0.1) is 12.7 Å². The van der Waals surface area contributed by atoms with E-state index in [1.807, 2.05) is 0 Å². The first kappa shape index (κ1) is 18.2. The quantitative estimate of drug-likeness (QED) is 0.892. The number of nitrogens with one attached hydrogen (secondary N) is 1. The van der Waals surface area contributed by atoms with Gasteiger partial charge in [0, 0.05) is 12.2 Å². The minimum absolute atomic E-state index is 0.316. The van der Waals surface area contributed by atoms with Gasteiger partial charge in [-0.2, -0.15) is 0 Å². The Morgan fingerprint density at radius 3 is 2.62 bits per heavy atom. The van der Waals surface area contributed by atoms with Gasteiger partial charge in [-0.25, -0.2) is 9.18 Å². The molecule has 2 rings (SSSR count). The Hall–Kier alpha value is -2.11. The highest BCUT2D eigenvalue weighted by atomic mass is 19.1. The van der Waals surface area contributed by atoms with Gasteiger partial charge in [-0.1, -0.05) is 6.07 Å². The van der Waals surface area contributed by atoms with Gasteiger partial charge in [0.05, 0.1) is 0 Å². The Balaban J connectivity index is 2.09. The molecule has 0 aromatic heterocycles. The van der Waals surface area contributed by atoms with Crippen LogP contribution in [0.2, 0.25) is 0 Å². The largest absolute Gasteiger partial charge is 0.444 e. The lowest BCUT2D eigenvalue weighted by Gasteiger charge is -2.35. The molecule has 0 saturated carbocycles. The molecule has 1 atom stereocenters. The van der Waals surface area contributed by atoms with Crippen molar-refractivity contribution in [3.8, 4) is 0 Å². The normalized spacial score (nSPS) is 18.2. The summed E-state index contributed by atoms with van der Waals surface area (Å²) in [6, 6.07) is 3.94. The van der Waals surface area contributed by atoms with E-state index in [4.69, 9.17) is 4.74 Å². The van der Waals surface area contributed by atoms with Crippen molar-refractivity contribution in [2.45, 2.75) is 58.6 Å². The van der Waals surface area contributed by atoms with Crippen LogP contribution in [0.4, 0.5) is 14.9 Å². The number of halogens is 1. The summed E-state index contributed by atoms with van der Waals surface area (Å²) in [6.45, 7) is 7.51. The molecule has 1 aliphatic heterocycles. The molecule has 1 heterocycles. The number of benzene rings is 1. The number of rotatable bonds is 2. The average Bonchev–Trinajstić information content (AvgIpc) is 2.49. The van der Waals surface area contributed by atoms with Gasteiger partial charge >= 0.3 is 6.09 Å². The highest BCUT2D eigenvalue weighted by Crippen LogP contribution is 2.22. The third-order valence-corrected chi connectivity index (χ3v) is 3.87. The van der Waals surface area contributed by atoms with E-state index in [1.165, 1.54) is 11.0 Å². The van der Waals surface area contributed by atoms with Crippen molar-refractivity contribution < 1.29 is 18.7 Å². The molecule has 6 heteroatoms. The van der Waals surface area contributed by atoms with E-state index in [2.05, 4.69) is 5.32 Å². The topological polar surface area (TPSA) is 58.6 Å². The lowest BCUT2D eigenvalue weighted by atomic mass is 10.0. The molecule has 1 aliphatic rings. The SMILES string of the molecule is Cc1ccc(NC(=O)C2CCCCN2C(=O)OC(C)(C)C)cc1F. The zero-order valence-electron chi connectivity index (χ0n) is 14.7. The van der Waals surface area contributed by atoms with Gasteiger partial charge in [0.2, 0.25) is 5.91 Å². The summed E-state index contributed by atoms with van der Waals surface area (Å²) < 4.78 is 19.0. The highest BCUT2D eigenvalue weighted by molar-refractivity contribution is 5.96. The minimum Gasteiger partial charge on any atom is -0.444 e. The standard InChI is InChI=1S/C18H25FN2O3/c1-12-8-9-13(11-14(12)19)20-16(22)15-7-5-6-10-21(15)17(23)24-18(2,3)4/h8-9,11,15H,5-7,10H2,1-4H3,(H,20,22). The van der Waals surface area contributed by atoms with Crippen LogP contribution in [-0.4, -0.2) is 35.1 Å². The lowest BCUT2D eigenvalue weighted by Crippen LogP contribution is -2.51. The molecule has 1 aromatic carbocycles. The molecular formula is C18H25FN2O3. The van der Waals surface area contributed by atoms with Gasteiger partial charge in [0.15, 0.2) is 0 Å². The van der Waals surface area contributed by atoms with E-state index in [9.17, 15) is 14.0 Å². The van der Waals surface area contributed by atoms with E-state index in [1.54, 1.807) is 39.8 Å². The van der Waals surface area contributed by atoms with Crippen LogP contribution in [0.5, 0.6) is 0 Å². The Morgan fingerprint density at radius 1 is 1.29 bits per heavy atom. The Morgan fingerprint density at radius 2 is 2.00 bits per heavy atom. The summed E-state index contributed by atoms with van der Waals surface area (Å²) in [6.07, 6.45) is 1.78. The molecule has 0 bridgehead atoms. The second-order valence-corrected chi connectivity index (χ2v) is 7.14. The Labute approximate surface area is 142 Å². The molecule has 132 valence electrons. The van der Waals surface area contributed by atoms with Crippen LogP contribution in [0.3, 0.4) is 0 Å². The van der Waals surface area contributed by atoms with Crippen LogP contribution in [0.1, 0.15) is 45.6 Å². The van der Waals surface area contributed by atoms with Crippen LogP contribution >= 0.6 is 0 Å². The Bertz CT molecular complexity index is 625. The molecule has 2 amide bonds. The fraction of sp³-hybridized carbons (Fsp3) is 0.556. The number of carbonyl (C=O) groups excluding carboxylic acids is 2. The summed E-state index contributed by atoms with van der Waals surface area (Å²) in [5.41, 5.74) is 0.286. The van der Waals surface area contributed by atoms with Gasteiger partial charge < -0.3 is 10.1 Å². The number of ether oxygens (including phenoxy) is 1. The third kappa shape index (κ3) is 4.69.